The molecule has 1 atom stereocenters. The van der Waals surface area contributed by atoms with E-state index < -0.39 is 67.2 Å². The SMILES string of the molecule is CC(C)(C)Cn1cc(C(NS(=O)(=O)C2CC2)C(F)(F)F)c2ccc(-c3ccccc3C(F)(F)F)c(F)c21. The Hall–Kier alpha value is -2.60. The minimum Gasteiger partial charge on any atom is -0.344 e. The van der Waals surface area contributed by atoms with Crippen LogP contribution in [0.3, 0.4) is 0 Å². The summed E-state index contributed by atoms with van der Waals surface area (Å²) in [4.78, 5) is 0. The molecule has 3 aromatic rings. The Labute approximate surface area is 209 Å². The first-order valence-electron chi connectivity index (χ1n) is 11.5. The number of nitrogens with one attached hydrogen (secondary N) is 1. The number of nitrogens with zero attached hydrogens (tertiary/aromatic N) is 1. The zero-order valence-electron chi connectivity index (χ0n) is 20.1. The monoisotopic (exact) mass is 550 g/mol. The predicted molar refractivity (Wildman–Crippen MR) is 126 cm³/mol. The van der Waals surface area contributed by atoms with Crippen molar-refractivity contribution in [3.8, 4) is 11.1 Å². The molecule has 1 saturated carbocycles. The summed E-state index contributed by atoms with van der Waals surface area (Å²) in [7, 11) is -4.29. The lowest BCUT2D eigenvalue weighted by molar-refractivity contribution is -0.152. The van der Waals surface area contributed by atoms with Gasteiger partial charge in [-0.1, -0.05) is 51.1 Å². The molecule has 4 nitrogen and oxygen atoms in total. The van der Waals surface area contributed by atoms with Crippen LogP contribution >= 0.6 is 0 Å². The third-order valence-electron chi connectivity index (χ3n) is 6.06. The van der Waals surface area contributed by atoms with Gasteiger partial charge < -0.3 is 4.57 Å². The molecule has 0 aliphatic heterocycles. The summed E-state index contributed by atoms with van der Waals surface area (Å²) in [5, 5.41) is -1.17. The van der Waals surface area contributed by atoms with Crippen molar-refractivity contribution in [2.75, 3.05) is 0 Å². The molecular weight excluding hydrogens is 525 g/mol. The lowest BCUT2D eigenvalue weighted by Gasteiger charge is -2.22. The standard InChI is InChI=1S/C25H25F7N2O2S/c1-23(2,3)13-34-12-18(22(25(30,31)32)33-37(35,36)14-8-9-14)17-11-10-16(20(26)21(17)34)15-6-4-5-7-19(15)24(27,28)29/h4-7,10-12,14,22,33H,8-9,13H2,1-3H3. The number of halogens is 7. The van der Waals surface area contributed by atoms with E-state index >= 15 is 4.39 Å². The maximum Gasteiger partial charge on any atom is 0.417 e. The van der Waals surface area contributed by atoms with E-state index in [1.807, 2.05) is 0 Å². The van der Waals surface area contributed by atoms with Crippen molar-refractivity contribution in [3.63, 3.8) is 0 Å². The van der Waals surface area contributed by atoms with E-state index in [1.165, 1.54) is 10.6 Å². The van der Waals surface area contributed by atoms with Crippen LogP contribution in [0.2, 0.25) is 0 Å². The molecule has 0 amide bonds. The maximum atomic E-state index is 16.0. The second-order valence-corrected chi connectivity index (χ2v) is 12.5. The third kappa shape index (κ3) is 5.64. The summed E-state index contributed by atoms with van der Waals surface area (Å²) in [6, 6.07) is 3.80. The van der Waals surface area contributed by atoms with E-state index in [0.29, 0.717) is 0 Å². The van der Waals surface area contributed by atoms with Gasteiger partial charge in [0.25, 0.3) is 0 Å². The molecule has 0 spiro atoms. The van der Waals surface area contributed by atoms with E-state index in [1.54, 1.807) is 25.5 Å². The van der Waals surface area contributed by atoms with Crippen LogP contribution in [0, 0.1) is 11.2 Å². The van der Waals surface area contributed by atoms with Crippen LogP contribution in [0.15, 0.2) is 42.6 Å². The van der Waals surface area contributed by atoms with Crippen LogP contribution in [0.5, 0.6) is 0 Å². The number of alkyl halides is 6. The Morgan fingerprint density at radius 1 is 0.973 bits per heavy atom. The Morgan fingerprint density at radius 3 is 2.14 bits per heavy atom. The third-order valence-corrected chi connectivity index (χ3v) is 7.97. The van der Waals surface area contributed by atoms with E-state index in [2.05, 4.69) is 0 Å². The lowest BCUT2D eigenvalue weighted by Crippen LogP contribution is -2.39. The van der Waals surface area contributed by atoms with Gasteiger partial charge in [-0.2, -0.15) is 31.1 Å². The number of benzene rings is 2. The Morgan fingerprint density at radius 2 is 1.59 bits per heavy atom. The minimum absolute atomic E-state index is 0.0186. The van der Waals surface area contributed by atoms with Crippen LogP contribution in [-0.4, -0.2) is 24.4 Å². The fraction of sp³-hybridized carbons (Fsp3) is 0.440. The van der Waals surface area contributed by atoms with Crippen molar-refractivity contribution < 1.29 is 39.2 Å². The Balaban J connectivity index is 1.97. The minimum atomic E-state index is -5.05. The highest BCUT2D eigenvalue weighted by Crippen LogP contribution is 2.44. The van der Waals surface area contributed by atoms with Crippen LogP contribution < -0.4 is 4.72 Å². The van der Waals surface area contributed by atoms with Crippen LogP contribution in [0.25, 0.3) is 22.0 Å². The van der Waals surface area contributed by atoms with Crippen molar-refractivity contribution in [1.29, 1.82) is 0 Å². The Kier molecular flexibility index (Phi) is 6.68. The summed E-state index contributed by atoms with van der Waals surface area (Å²) in [6.07, 6.45) is -8.34. The number of aromatic nitrogens is 1. The van der Waals surface area contributed by atoms with Crippen LogP contribution in [0.4, 0.5) is 30.7 Å². The normalized spacial score (nSPS) is 16.4. The smallest absolute Gasteiger partial charge is 0.344 e. The van der Waals surface area contributed by atoms with Crippen molar-refractivity contribution in [2.24, 2.45) is 5.41 Å². The maximum absolute atomic E-state index is 16.0. The van der Waals surface area contributed by atoms with Crippen molar-refractivity contribution in [3.05, 3.63) is 59.5 Å². The van der Waals surface area contributed by atoms with Gasteiger partial charge in [-0.25, -0.2) is 12.8 Å². The lowest BCUT2D eigenvalue weighted by atomic mass is 9.95. The molecule has 2 aromatic carbocycles. The molecule has 4 rings (SSSR count). The van der Waals surface area contributed by atoms with Gasteiger partial charge in [-0.3, -0.25) is 0 Å². The highest BCUT2D eigenvalue weighted by molar-refractivity contribution is 7.90. The quantitative estimate of drug-likeness (QED) is 0.330. The second-order valence-electron chi connectivity index (χ2n) is 10.5. The van der Waals surface area contributed by atoms with Crippen LogP contribution in [-0.2, 0) is 22.7 Å². The Bertz CT molecular complexity index is 1430. The van der Waals surface area contributed by atoms with Gasteiger partial charge in [0, 0.05) is 29.3 Å². The van der Waals surface area contributed by atoms with E-state index in [9.17, 15) is 34.8 Å². The van der Waals surface area contributed by atoms with Gasteiger partial charge in [0.05, 0.1) is 16.3 Å². The van der Waals surface area contributed by atoms with Gasteiger partial charge in [0.1, 0.15) is 6.04 Å². The van der Waals surface area contributed by atoms with Gasteiger partial charge in [0.15, 0.2) is 5.82 Å². The zero-order chi connectivity index (χ0) is 27.6. The summed E-state index contributed by atoms with van der Waals surface area (Å²) in [5.74, 6) is -1.13. The van der Waals surface area contributed by atoms with Gasteiger partial charge in [0.2, 0.25) is 10.0 Å². The van der Waals surface area contributed by atoms with Gasteiger partial charge in [-0.15, -0.1) is 0 Å². The molecule has 0 radical (unpaired) electrons. The van der Waals surface area contributed by atoms with Crippen LogP contribution in [0.1, 0.15) is 50.8 Å². The fourth-order valence-electron chi connectivity index (χ4n) is 4.36. The number of hydrogen-bond acceptors (Lipinski definition) is 2. The van der Waals surface area contributed by atoms with Crippen molar-refractivity contribution in [2.45, 2.75) is 63.8 Å². The number of sulfonamides is 1. The van der Waals surface area contributed by atoms with Gasteiger partial charge >= 0.3 is 12.4 Å². The van der Waals surface area contributed by atoms with E-state index in [0.717, 1.165) is 36.5 Å². The molecule has 1 aliphatic rings. The summed E-state index contributed by atoms with van der Waals surface area (Å²) in [6.45, 7) is 5.30. The number of fused-ring (bicyclic) bond motifs is 1. The van der Waals surface area contributed by atoms with E-state index in [4.69, 9.17) is 0 Å². The molecule has 1 heterocycles. The highest BCUT2D eigenvalue weighted by Gasteiger charge is 2.48. The largest absolute Gasteiger partial charge is 0.417 e. The molecule has 1 aromatic heterocycles. The predicted octanol–water partition coefficient (Wildman–Crippen LogP) is 7.20. The second kappa shape index (κ2) is 9.00. The highest BCUT2D eigenvalue weighted by atomic mass is 32.2. The number of hydrogen-bond donors (Lipinski definition) is 1. The fourth-order valence-corrected chi connectivity index (χ4v) is 5.90. The summed E-state index contributed by atoms with van der Waals surface area (Å²) < 4.78 is 127. The molecule has 0 saturated heterocycles. The molecule has 1 aliphatic carbocycles. The topological polar surface area (TPSA) is 51.1 Å². The molecule has 12 heteroatoms. The van der Waals surface area contributed by atoms with Gasteiger partial charge in [-0.05, 0) is 29.9 Å². The molecule has 1 unspecified atom stereocenters. The molecule has 1 fully saturated rings. The first-order chi connectivity index (χ1) is 16.9. The van der Waals surface area contributed by atoms with Crippen molar-refractivity contribution in [1.82, 2.24) is 9.29 Å². The first kappa shape index (κ1) is 27.4. The molecule has 0 bridgehead atoms. The molecule has 1 N–H and O–H groups in total. The average molecular weight is 551 g/mol. The summed E-state index contributed by atoms with van der Waals surface area (Å²) >= 11 is 0. The summed E-state index contributed by atoms with van der Waals surface area (Å²) in [5.41, 5.74) is -3.39. The van der Waals surface area contributed by atoms with Crippen molar-refractivity contribution >= 4 is 20.9 Å². The zero-order valence-corrected chi connectivity index (χ0v) is 21.0. The first-order valence-corrected chi connectivity index (χ1v) is 13.0. The molecule has 202 valence electrons. The molecule has 37 heavy (non-hydrogen) atoms. The average Bonchev–Trinajstić information content (AvgIpc) is 3.54. The molecular formula is C25H25F7N2O2S. The van der Waals surface area contributed by atoms with E-state index in [-0.39, 0.29) is 30.3 Å². The number of rotatable bonds is 6.